The van der Waals surface area contributed by atoms with Gasteiger partial charge in [0.25, 0.3) is 0 Å². The second-order valence-electron chi connectivity index (χ2n) is 3.53. The number of aryl methyl sites for hydroxylation is 1. The Morgan fingerprint density at radius 3 is 3.08 bits per heavy atom. The lowest BCUT2D eigenvalue weighted by Crippen LogP contribution is -2.23. The van der Waals surface area contributed by atoms with E-state index in [1.165, 1.54) is 0 Å². The number of aromatic nitrogens is 2. The first kappa shape index (κ1) is 8.56. The molecule has 0 aromatic carbocycles. The summed E-state index contributed by atoms with van der Waals surface area (Å²) in [7, 11) is 0. The van der Waals surface area contributed by atoms with E-state index in [0.29, 0.717) is 6.04 Å². The van der Waals surface area contributed by atoms with E-state index in [2.05, 4.69) is 5.10 Å². The smallest absolute Gasteiger partial charge is 0.125 e. The van der Waals surface area contributed by atoms with Crippen molar-refractivity contribution in [3.63, 3.8) is 0 Å². The maximum absolute atomic E-state index is 5.88. The molecule has 0 spiro atoms. The lowest BCUT2D eigenvalue weighted by atomic mass is 10.1. The summed E-state index contributed by atoms with van der Waals surface area (Å²) in [5.41, 5.74) is 6.93. The molecule has 0 amide bonds. The van der Waals surface area contributed by atoms with Crippen LogP contribution < -0.4 is 5.73 Å². The molecule has 13 heavy (non-hydrogen) atoms. The van der Waals surface area contributed by atoms with Gasteiger partial charge in [0.05, 0.1) is 18.8 Å². The van der Waals surface area contributed by atoms with Crippen LogP contribution in [0, 0.1) is 6.92 Å². The summed E-state index contributed by atoms with van der Waals surface area (Å²) in [5.74, 6) is 0.774. The van der Waals surface area contributed by atoms with Crippen molar-refractivity contribution in [2.75, 3.05) is 18.9 Å². The van der Waals surface area contributed by atoms with E-state index in [4.69, 9.17) is 10.5 Å². The average Bonchev–Trinajstić information content (AvgIpc) is 2.49. The van der Waals surface area contributed by atoms with Crippen molar-refractivity contribution in [2.24, 2.45) is 0 Å². The number of hydrogen-bond donors (Lipinski definition) is 1. The molecule has 0 aliphatic carbocycles. The van der Waals surface area contributed by atoms with E-state index < -0.39 is 0 Å². The molecule has 72 valence electrons. The average molecular weight is 181 g/mol. The Morgan fingerprint density at radius 2 is 2.54 bits per heavy atom. The number of hydrogen-bond acceptors (Lipinski definition) is 3. The van der Waals surface area contributed by atoms with Gasteiger partial charge < -0.3 is 10.5 Å². The van der Waals surface area contributed by atoms with Crippen LogP contribution in [0.1, 0.15) is 24.4 Å². The van der Waals surface area contributed by atoms with Gasteiger partial charge in [-0.1, -0.05) is 0 Å². The molecule has 0 bridgehead atoms. The fourth-order valence-electron chi connectivity index (χ4n) is 1.67. The normalized spacial score (nSPS) is 23.3. The van der Waals surface area contributed by atoms with E-state index in [9.17, 15) is 0 Å². The Balaban J connectivity index is 2.18. The zero-order valence-corrected chi connectivity index (χ0v) is 7.86. The standard InChI is InChI=1S/C9H15N3O/c1-7-5-11-12(9(7)10)8-3-2-4-13-6-8/h5,8H,2-4,6,10H2,1H3. The van der Waals surface area contributed by atoms with E-state index in [1.54, 1.807) is 0 Å². The topological polar surface area (TPSA) is 53.1 Å². The zero-order chi connectivity index (χ0) is 9.26. The number of nitrogen functional groups attached to an aromatic ring is 1. The Kier molecular flexibility index (Phi) is 2.22. The van der Waals surface area contributed by atoms with E-state index in [-0.39, 0.29) is 0 Å². The SMILES string of the molecule is Cc1cnn(C2CCCOC2)c1N. The maximum Gasteiger partial charge on any atom is 0.125 e. The highest BCUT2D eigenvalue weighted by atomic mass is 16.5. The van der Waals surface area contributed by atoms with Crippen LogP contribution in [0.2, 0.25) is 0 Å². The summed E-state index contributed by atoms with van der Waals surface area (Å²) in [6, 6.07) is 0.336. The summed E-state index contributed by atoms with van der Waals surface area (Å²) in [6.45, 7) is 3.59. The lowest BCUT2D eigenvalue weighted by molar-refractivity contribution is 0.0557. The minimum absolute atomic E-state index is 0.336. The third-order valence-corrected chi connectivity index (χ3v) is 2.51. The molecule has 1 saturated heterocycles. The summed E-state index contributed by atoms with van der Waals surface area (Å²) in [6.07, 6.45) is 4.03. The summed E-state index contributed by atoms with van der Waals surface area (Å²) >= 11 is 0. The van der Waals surface area contributed by atoms with Gasteiger partial charge in [0.15, 0.2) is 0 Å². The Labute approximate surface area is 77.7 Å². The van der Waals surface area contributed by atoms with Crippen molar-refractivity contribution in [1.29, 1.82) is 0 Å². The van der Waals surface area contributed by atoms with Crippen molar-refractivity contribution >= 4 is 5.82 Å². The largest absolute Gasteiger partial charge is 0.384 e. The minimum Gasteiger partial charge on any atom is -0.384 e. The molecule has 4 nitrogen and oxygen atoms in total. The molecule has 2 rings (SSSR count). The second-order valence-corrected chi connectivity index (χ2v) is 3.53. The molecule has 1 unspecified atom stereocenters. The first-order valence-corrected chi connectivity index (χ1v) is 4.66. The second kappa shape index (κ2) is 3.38. The highest BCUT2D eigenvalue weighted by Gasteiger charge is 2.18. The quantitative estimate of drug-likeness (QED) is 0.706. The van der Waals surface area contributed by atoms with Crippen molar-refractivity contribution in [2.45, 2.75) is 25.8 Å². The van der Waals surface area contributed by atoms with Crippen LogP contribution in [0.5, 0.6) is 0 Å². The predicted octanol–water partition coefficient (Wildman–Crippen LogP) is 1.13. The van der Waals surface area contributed by atoms with Gasteiger partial charge in [-0.15, -0.1) is 0 Å². The molecule has 1 aromatic rings. The van der Waals surface area contributed by atoms with Gasteiger partial charge in [-0.3, -0.25) is 0 Å². The summed E-state index contributed by atoms with van der Waals surface area (Å²) in [5, 5.41) is 4.25. The van der Waals surface area contributed by atoms with E-state index >= 15 is 0 Å². The molecule has 1 aliphatic heterocycles. The molecule has 1 atom stereocenters. The van der Waals surface area contributed by atoms with Crippen molar-refractivity contribution in [3.05, 3.63) is 11.8 Å². The van der Waals surface area contributed by atoms with Crippen LogP contribution in [0.25, 0.3) is 0 Å². The first-order valence-electron chi connectivity index (χ1n) is 4.66. The molecule has 1 aromatic heterocycles. The highest BCUT2D eigenvalue weighted by Crippen LogP contribution is 2.22. The molecule has 4 heteroatoms. The van der Waals surface area contributed by atoms with Crippen molar-refractivity contribution in [3.8, 4) is 0 Å². The lowest BCUT2D eigenvalue weighted by Gasteiger charge is -2.23. The van der Waals surface area contributed by atoms with Crippen LogP contribution in [-0.4, -0.2) is 23.0 Å². The number of anilines is 1. The molecule has 1 fully saturated rings. The third kappa shape index (κ3) is 1.54. The summed E-state index contributed by atoms with van der Waals surface area (Å²) in [4.78, 5) is 0. The van der Waals surface area contributed by atoms with Crippen LogP contribution in [0.3, 0.4) is 0 Å². The van der Waals surface area contributed by atoms with Gasteiger partial charge in [0.1, 0.15) is 5.82 Å². The first-order chi connectivity index (χ1) is 6.29. The van der Waals surface area contributed by atoms with Crippen molar-refractivity contribution < 1.29 is 4.74 Å². The predicted molar refractivity (Wildman–Crippen MR) is 50.5 cm³/mol. The molecule has 2 heterocycles. The number of ether oxygens (including phenoxy) is 1. The molecule has 1 aliphatic rings. The number of rotatable bonds is 1. The van der Waals surface area contributed by atoms with E-state index in [0.717, 1.165) is 37.4 Å². The van der Waals surface area contributed by atoms with Gasteiger partial charge in [-0.25, -0.2) is 4.68 Å². The third-order valence-electron chi connectivity index (χ3n) is 2.51. The van der Waals surface area contributed by atoms with Crippen LogP contribution in [0.4, 0.5) is 5.82 Å². The molecular weight excluding hydrogens is 166 g/mol. The Bertz CT molecular complexity index is 289. The molecular formula is C9H15N3O. The van der Waals surface area contributed by atoms with Crippen molar-refractivity contribution in [1.82, 2.24) is 9.78 Å². The fraction of sp³-hybridized carbons (Fsp3) is 0.667. The van der Waals surface area contributed by atoms with E-state index in [1.807, 2.05) is 17.8 Å². The molecule has 2 N–H and O–H groups in total. The number of nitrogens with two attached hydrogens (primary N) is 1. The van der Waals surface area contributed by atoms with Crippen LogP contribution in [0.15, 0.2) is 6.20 Å². The Morgan fingerprint density at radius 1 is 1.69 bits per heavy atom. The van der Waals surface area contributed by atoms with Crippen LogP contribution in [-0.2, 0) is 4.74 Å². The summed E-state index contributed by atoms with van der Waals surface area (Å²) < 4.78 is 7.27. The van der Waals surface area contributed by atoms with Gasteiger partial charge in [-0.2, -0.15) is 5.10 Å². The highest BCUT2D eigenvalue weighted by molar-refractivity contribution is 5.37. The van der Waals surface area contributed by atoms with Gasteiger partial charge in [-0.05, 0) is 19.8 Å². The van der Waals surface area contributed by atoms with Crippen LogP contribution >= 0.6 is 0 Å². The Hall–Kier alpha value is -1.03. The van der Waals surface area contributed by atoms with Gasteiger partial charge in [0.2, 0.25) is 0 Å². The molecule has 0 radical (unpaired) electrons. The monoisotopic (exact) mass is 181 g/mol. The maximum atomic E-state index is 5.88. The number of nitrogens with zero attached hydrogens (tertiary/aromatic N) is 2. The molecule has 0 saturated carbocycles. The fourth-order valence-corrected chi connectivity index (χ4v) is 1.67. The van der Waals surface area contributed by atoms with Gasteiger partial charge >= 0.3 is 0 Å². The minimum atomic E-state index is 0.336. The zero-order valence-electron chi connectivity index (χ0n) is 7.86. The van der Waals surface area contributed by atoms with Gasteiger partial charge in [0, 0.05) is 12.2 Å².